The second-order valence-electron chi connectivity index (χ2n) is 12.0. The molecule has 0 spiro atoms. The van der Waals surface area contributed by atoms with Gasteiger partial charge in [0, 0.05) is 34.8 Å². The first kappa shape index (κ1) is 37.0. The maximum atomic E-state index is 12.1. The predicted molar refractivity (Wildman–Crippen MR) is 148 cm³/mol. The van der Waals surface area contributed by atoms with Crippen molar-refractivity contribution >= 4 is 32.2 Å². The van der Waals surface area contributed by atoms with Crippen molar-refractivity contribution in [1.29, 1.82) is 0 Å². The molecule has 0 bridgehead atoms. The van der Waals surface area contributed by atoms with Crippen LogP contribution in [0.1, 0.15) is 48.5 Å². The van der Waals surface area contributed by atoms with Crippen LogP contribution in [-0.4, -0.2) is 124 Å². The molecule has 248 valence electrons. The van der Waals surface area contributed by atoms with Crippen LogP contribution in [0.2, 0.25) is 18.1 Å². The Balaban J connectivity index is 2.47. The fourth-order valence-corrected chi connectivity index (χ4v) is 5.37. The van der Waals surface area contributed by atoms with Crippen LogP contribution < -0.4 is 0 Å². The van der Waals surface area contributed by atoms with Gasteiger partial charge in [0.05, 0.1) is 6.61 Å². The number of rotatable bonds is 11. The molecule has 0 aromatic rings. The first-order valence-electron chi connectivity index (χ1n) is 13.9. The lowest BCUT2D eigenvalue weighted by Crippen LogP contribution is -2.66. The van der Waals surface area contributed by atoms with Crippen LogP contribution >= 0.6 is 0 Å². The van der Waals surface area contributed by atoms with Gasteiger partial charge in [0.1, 0.15) is 37.1 Å². The van der Waals surface area contributed by atoms with Gasteiger partial charge in [0.15, 0.2) is 39.2 Å². The van der Waals surface area contributed by atoms with E-state index in [1.165, 1.54) is 7.11 Å². The highest BCUT2D eigenvalue weighted by Gasteiger charge is 2.56. The van der Waals surface area contributed by atoms with E-state index in [0.717, 1.165) is 27.7 Å². The molecule has 2 rings (SSSR count). The Morgan fingerprint density at radius 1 is 0.698 bits per heavy atom. The number of methoxy groups -OCH3 is 1. The minimum Gasteiger partial charge on any atom is -0.463 e. The van der Waals surface area contributed by atoms with Gasteiger partial charge in [-0.3, -0.25) is 19.2 Å². The second kappa shape index (κ2) is 15.2. The summed E-state index contributed by atoms with van der Waals surface area (Å²) >= 11 is 0. The minimum absolute atomic E-state index is 0.0529. The standard InChI is InChI=1S/C27H46O15Si/c1-13(28)35-11-18-21(37-14(2)29)23(38-15(3)30)24(39-16(4)31)26(41-18)42-22-19(32)17(40-25(34-8)20(22)33)12-36-43(9,10)27(5,6)7/h17-26,32-33H,11-12H2,1-10H3/t17-,18-,19-,20+,21-,22+,23+,24-,25+,26+/m1/s1. The molecule has 0 aromatic carbocycles. The quantitative estimate of drug-likeness (QED) is 0.181. The van der Waals surface area contributed by atoms with E-state index in [2.05, 4.69) is 20.8 Å². The van der Waals surface area contributed by atoms with Crippen LogP contribution in [0.5, 0.6) is 0 Å². The van der Waals surface area contributed by atoms with Crippen molar-refractivity contribution in [1.82, 2.24) is 0 Å². The maximum absolute atomic E-state index is 12.1. The maximum Gasteiger partial charge on any atom is 0.303 e. The summed E-state index contributed by atoms with van der Waals surface area (Å²) in [5.41, 5.74) is 0. The molecule has 2 aliphatic rings. The SMILES string of the molecule is CO[C@H]1O[C@H](CO[Si](C)(C)C(C)(C)C)[C@@H](O)[C@H](O[C@@H]2O[C@H](COC(C)=O)[C@@H](OC(C)=O)[C@H](OC(C)=O)[C@H]2OC(C)=O)[C@@H]1O. The van der Waals surface area contributed by atoms with Crippen LogP contribution in [0.15, 0.2) is 0 Å². The molecule has 0 unspecified atom stereocenters. The van der Waals surface area contributed by atoms with Crippen LogP contribution in [0.4, 0.5) is 0 Å². The summed E-state index contributed by atoms with van der Waals surface area (Å²) in [5.74, 6) is -3.12. The number of esters is 4. The van der Waals surface area contributed by atoms with E-state index in [1.807, 2.05) is 13.1 Å². The predicted octanol–water partition coefficient (Wildman–Crippen LogP) is 0.570. The summed E-state index contributed by atoms with van der Waals surface area (Å²) in [7, 11) is -0.990. The molecule has 43 heavy (non-hydrogen) atoms. The zero-order valence-corrected chi connectivity index (χ0v) is 27.4. The molecule has 10 atom stereocenters. The van der Waals surface area contributed by atoms with Gasteiger partial charge in [-0.25, -0.2) is 0 Å². The fourth-order valence-electron chi connectivity index (χ4n) is 4.36. The number of hydrogen-bond acceptors (Lipinski definition) is 15. The third-order valence-corrected chi connectivity index (χ3v) is 12.0. The van der Waals surface area contributed by atoms with E-state index in [-0.39, 0.29) is 11.6 Å². The van der Waals surface area contributed by atoms with E-state index in [9.17, 15) is 29.4 Å². The fraction of sp³-hybridized carbons (Fsp3) is 0.852. The van der Waals surface area contributed by atoms with Gasteiger partial charge in [0.2, 0.25) is 0 Å². The van der Waals surface area contributed by atoms with Gasteiger partial charge >= 0.3 is 23.9 Å². The Hall–Kier alpha value is -2.18. The Kier molecular flexibility index (Phi) is 13.1. The minimum atomic E-state index is -2.28. The molecule has 0 amide bonds. The van der Waals surface area contributed by atoms with Gasteiger partial charge in [-0.15, -0.1) is 0 Å². The van der Waals surface area contributed by atoms with Crippen molar-refractivity contribution in [3.63, 3.8) is 0 Å². The zero-order valence-electron chi connectivity index (χ0n) is 26.4. The van der Waals surface area contributed by atoms with Crippen LogP contribution in [0, 0.1) is 0 Å². The average Bonchev–Trinajstić information content (AvgIpc) is 2.86. The molecule has 2 saturated heterocycles. The lowest BCUT2D eigenvalue weighted by molar-refractivity contribution is -0.358. The van der Waals surface area contributed by atoms with E-state index in [1.54, 1.807) is 0 Å². The lowest BCUT2D eigenvalue weighted by atomic mass is 9.96. The summed E-state index contributed by atoms with van der Waals surface area (Å²) in [6.45, 7) is 14.1. The Bertz CT molecular complexity index is 982. The summed E-state index contributed by atoms with van der Waals surface area (Å²) in [6, 6.07) is 0. The van der Waals surface area contributed by atoms with E-state index in [0.29, 0.717) is 0 Å². The Morgan fingerprint density at radius 3 is 1.70 bits per heavy atom. The normalized spacial score (nSPS) is 33.3. The van der Waals surface area contributed by atoms with Crippen molar-refractivity contribution in [3.8, 4) is 0 Å². The highest BCUT2D eigenvalue weighted by molar-refractivity contribution is 6.74. The summed E-state index contributed by atoms with van der Waals surface area (Å²) in [5, 5.41) is 22.2. The molecular formula is C27H46O15Si. The highest BCUT2D eigenvalue weighted by Crippen LogP contribution is 2.38. The van der Waals surface area contributed by atoms with Crippen molar-refractivity contribution in [3.05, 3.63) is 0 Å². The topological polar surface area (TPSA) is 192 Å². The molecule has 0 radical (unpaired) electrons. The van der Waals surface area contributed by atoms with Gasteiger partial charge < -0.3 is 52.5 Å². The number of aliphatic hydroxyl groups is 2. The number of ether oxygens (including phenoxy) is 8. The molecule has 2 aliphatic heterocycles. The third kappa shape index (κ3) is 9.91. The first-order valence-corrected chi connectivity index (χ1v) is 16.8. The molecule has 2 fully saturated rings. The first-order chi connectivity index (χ1) is 19.8. The summed E-state index contributed by atoms with van der Waals surface area (Å²) < 4.78 is 50.6. The van der Waals surface area contributed by atoms with Crippen molar-refractivity contribution < 1.29 is 71.7 Å². The number of carbonyl (C=O) groups excluding carboxylic acids is 4. The monoisotopic (exact) mass is 638 g/mol. The molecule has 16 heteroatoms. The van der Waals surface area contributed by atoms with Crippen LogP contribution in [0.3, 0.4) is 0 Å². The molecular weight excluding hydrogens is 592 g/mol. The van der Waals surface area contributed by atoms with Gasteiger partial charge in [-0.1, -0.05) is 20.8 Å². The largest absolute Gasteiger partial charge is 0.463 e. The molecule has 15 nitrogen and oxygen atoms in total. The van der Waals surface area contributed by atoms with E-state index in [4.69, 9.17) is 42.3 Å². The van der Waals surface area contributed by atoms with Gasteiger partial charge in [0.25, 0.3) is 0 Å². The molecule has 2 N–H and O–H groups in total. The van der Waals surface area contributed by atoms with E-state index < -0.39 is 100 Å². The Morgan fingerprint density at radius 2 is 1.21 bits per heavy atom. The van der Waals surface area contributed by atoms with Gasteiger partial charge in [-0.2, -0.15) is 0 Å². The average molecular weight is 639 g/mol. The zero-order chi connectivity index (χ0) is 32.9. The summed E-state index contributed by atoms with van der Waals surface area (Å²) in [6.07, 6.45) is -14.2. The van der Waals surface area contributed by atoms with Crippen molar-refractivity contribution in [2.45, 2.75) is 128 Å². The van der Waals surface area contributed by atoms with Gasteiger partial charge in [-0.05, 0) is 18.1 Å². The smallest absolute Gasteiger partial charge is 0.303 e. The number of hydrogen-bond donors (Lipinski definition) is 2. The molecule has 2 heterocycles. The van der Waals surface area contributed by atoms with E-state index >= 15 is 0 Å². The number of carbonyl (C=O) groups is 4. The summed E-state index contributed by atoms with van der Waals surface area (Å²) in [4.78, 5) is 47.8. The number of aliphatic hydroxyl groups excluding tert-OH is 2. The Labute approximate surface area is 252 Å². The highest BCUT2D eigenvalue weighted by atomic mass is 28.4. The second-order valence-corrected chi connectivity index (χ2v) is 16.8. The lowest BCUT2D eigenvalue weighted by Gasteiger charge is -2.48. The molecule has 0 saturated carbocycles. The molecule has 0 aromatic heterocycles. The third-order valence-electron chi connectivity index (χ3n) is 7.53. The van der Waals surface area contributed by atoms with Crippen molar-refractivity contribution in [2.24, 2.45) is 0 Å². The van der Waals surface area contributed by atoms with Crippen LogP contribution in [-0.2, 0) is 61.5 Å². The molecule has 0 aliphatic carbocycles. The van der Waals surface area contributed by atoms with Crippen molar-refractivity contribution in [2.75, 3.05) is 20.3 Å². The van der Waals surface area contributed by atoms with Crippen LogP contribution in [0.25, 0.3) is 0 Å².